The lowest BCUT2D eigenvalue weighted by atomic mass is 9.87. The van der Waals surface area contributed by atoms with E-state index in [-0.39, 0.29) is 24.6 Å². The number of sulfonamides is 1. The van der Waals surface area contributed by atoms with Gasteiger partial charge in [-0.15, -0.1) is 0 Å². The zero-order chi connectivity index (χ0) is 25.8. The summed E-state index contributed by atoms with van der Waals surface area (Å²) in [5, 5.41) is 21.0. The van der Waals surface area contributed by atoms with E-state index in [1.807, 2.05) is 13.8 Å². The summed E-state index contributed by atoms with van der Waals surface area (Å²) >= 11 is 0. The Hall–Kier alpha value is -3.30. The van der Waals surface area contributed by atoms with Crippen LogP contribution in [0.2, 0.25) is 0 Å². The molecule has 0 spiro atoms. The Morgan fingerprint density at radius 2 is 1.60 bits per heavy atom. The van der Waals surface area contributed by atoms with Gasteiger partial charge >= 0.3 is 0 Å². The molecule has 0 radical (unpaired) electrons. The number of hydrogen-bond donors (Lipinski definition) is 1. The molecule has 0 amide bonds. The molecule has 1 atom stereocenters. The second-order valence-corrected chi connectivity index (χ2v) is 10.1. The van der Waals surface area contributed by atoms with Crippen molar-refractivity contribution in [3.63, 3.8) is 0 Å². The maximum absolute atomic E-state index is 13.3. The zero-order valence-electron chi connectivity index (χ0n) is 20.5. The minimum Gasteiger partial charge on any atom is -0.320 e. The lowest BCUT2D eigenvalue weighted by molar-refractivity contribution is -0.120. The summed E-state index contributed by atoms with van der Waals surface area (Å²) in [6, 6.07) is 18.0. The number of nitrogens with one attached hydrogen (secondary N) is 1. The van der Waals surface area contributed by atoms with Gasteiger partial charge in [0.05, 0.1) is 29.0 Å². The lowest BCUT2D eigenvalue weighted by Gasteiger charge is -2.33. The number of nitriles is 2. The zero-order valence-corrected chi connectivity index (χ0v) is 21.3. The van der Waals surface area contributed by atoms with E-state index in [0.29, 0.717) is 36.1 Å². The number of Topliss-reactive ketones (excluding diaryl/α,β-unsaturated/α-hetero) is 1. The molecule has 1 aliphatic heterocycles. The molecule has 1 fully saturated rings. The van der Waals surface area contributed by atoms with E-state index in [2.05, 4.69) is 17.5 Å². The quantitative estimate of drug-likeness (QED) is 0.445. The number of nitrogens with zero attached hydrogens (tertiary/aromatic N) is 3. The molecule has 0 bridgehead atoms. The fourth-order valence-electron chi connectivity index (χ4n) is 3.82. The molecule has 35 heavy (non-hydrogen) atoms. The first-order valence-corrected chi connectivity index (χ1v) is 13.3. The smallest absolute Gasteiger partial charge is 0.214 e. The maximum Gasteiger partial charge on any atom is 0.214 e. The third-order valence-corrected chi connectivity index (χ3v) is 7.50. The summed E-state index contributed by atoms with van der Waals surface area (Å²) in [6.45, 7) is 4.75. The molecular weight excluding hydrogens is 460 g/mol. The highest BCUT2D eigenvalue weighted by atomic mass is 32.2. The monoisotopic (exact) mass is 492 g/mol. The van der Waals surface area contributed by atoms with Gasteiger partial charge in [0.1, 0.15) is 0 Å². The molecule has 8 heteroatoms. The van der Waals surface area contributed by atoms with Crippen molar-refractivity contribution in [3.8, 4) is 12.1 Å². The second kappa shape index (κ2) is 13.6. The number of benzene rings is 2. The van der Waals surface area contributed by atoms with Crippen molar-refractivity contribution in [3.05, 3.63) is 76.4 Å². The van der Waals surface area contributed by atoms with Crippen LogP contribution in [0.4, 0.5) is 0 Å². The minimum atomic E-state index is -3.54. The summed E-state index contributed by atoms with van der Waals surface area (Å²) < 4.78 is 27.4. The van der Waals surface area contributed by atoms with Crippen LogP contribution in [0.25, 0.3) is 6.08 Å². The molecule has 3 rings (SSSR count). The van der Waals surface area contributed by atoms with Crippen LogP contribution in [-0.2, 0) is 21.2 Å². The van der Waals surface area contributed by atoms with Crippen molar-refractivity contribution in [1.29, 1.82) is 10.5 Å². The number of carbonyl (C=O) groups excluding carboxylic acids is 1. The highest BCUT2D eigenvalue weighted by Gasteiger charge is 2.36. The van der Waals surface area contributed by atoms with Gasteiger partial charge in [-0.3, -0.25) is 4.79 Å². The molecular formula is C27H32N4O3S. The fourth-order valence-corrected chi connectivity index (χ4v) is 5.33. The standard InChI is InChI=1S/C25H26N4O3S.C2H6/c1-28-11-2-12-33(31,32)29-17-23(13-19-3-7-21(15-26)8-4-19)25(30)24(18-29)14-20-5-9-22(16-27)10-6-20;1-2/h3-10,13,24,28H,2,11-12,14,17-18H2,1H3;1-2H3/b23-13+;. The molecule has 1 aliphatic rings. The summed E-state index contributed by atoms with van der Waals surface area (Å²) in [6.07, 6.45) is 2.58. The van der Waals surface area contributed by atoms with E-state index in [0.717, 1.165) is 11.1 Å². The summed E-state index contributed by atoms with van der Waals surface area (Å²) in [4.78, 5) is 13.3. The first-order valence-electron chi connectivity index (χ1n) is 11.7. The van der Waals surface area contributed by atoms with Crippen molar-refractivity contribution >= 4 is 21.9 Å². The minimum absolute atomic E-state index is 0.00969. The first kappa shape index (κ1) is 27.9. The predicted octanol–water partition coefficient (Wildman–Crippen LogP) is 3.52. The third-order valence-electron chi connectivity index (χ3n) is 5.63. The average Bonchev–Trinajstić information content (AvgIpc) is 2.88. The SMILES string of the molecule is CC.CNCCCS(=O)(=O)N1C/C(=C\c2ccc(C#N)cc2)C(=O)C(Cc2ccc(C#N)cc2)C1. The van der Waals surface area contributed by atoms with Gasteiger partial charge in [-0.05, 0) is 67.9 Å². The van der Waals surface area contributed by atoms with Gasteiger partial charge in [-0.2, -0.15) is 14.8 Å². The van der Waals surface area contributed by atoms with E-state index < -0.39 is 15.9 Å². The molecule has 184 valence electrons. The van der Waals surface area contributed by atoms with Crippen LogP contribution in [0.15, 0.2) is 54.1 Å². The molecule has 1 N–H and O–H groups in total. The number of carbonyl (C=O) groups is 1. The van der Waals surface area contributed by atoms with Gasteiger partial charge in [0, 0.05) is 24.6 Å². The number of hydrogen-bond acceptors (Lipinski definition) is 6. The van der Waals surface area contributed by atoms with Crippen molar-refractivity contribution in [2.24, 2.45) is 5.92 Å². The van der Waals surface area contributed by atoms with Crippen molar-refractivity contribution in [2.75, 3.05) is 32.4 Å². The fraction of sp³-hybridized carbons (Fsp3) is 0.370. The molecule has 0 aromatic heterocycles. The van der Waals surface area contributed by atoms with Crippen LogP contribution in [0.1, 0.15) is 42.5 Å². The van der Waals surface area contributed by atoms with Gasteiger partial charge in [0.15, 0.2) is 5.78 Å². The molecule has 1 heterocycles. The van der Waals surface area contributed by atoms with Crippen molar-refractivity contribution < 1.29 is 13.2 Å². The summed E-state index contributed by atoms with van der Waals surface area (Å²) in [5.74, 6) is -0.587. The topological polar surface area (TPSA) is 114 Å². The Morgan fingerprint density at radius 1 is 1.03 bits per heavy atom. The van der Waals surface area contributed by atoms with Gasteiger partial charge in [0.25, 0.3) is 0 Å². The Bertz CT molecular complexity index is 1210. The Labute approximate surface area is 208 Å². The van der Waals surface area contributed by atoms with E-state index in [1.165, 1.54) is 4.31 Å². The van der Waals surface area contributed by atoms with Gasteiger partial charge in [-0.25, -0.2) is 8.42 Å². The molecule has 1 saturated heterocycles. The highest BCUT2D eigenvalue weighted by molar-refractivity contribution is 7.89. The molecule has 2 aromatic rings. The normalized spacial score (nSPS) is 17.2. The van der Waals surface area contributed by atoms with E-state index in [9.17, 15) is 13.2 Å². The van der Waals surface area contributed by atoms with Crippen LogP contribution in [0.5, 0.6) is 0 Å². The molecule has 1 unspecified atom stereocenters. The molecule has 0 aliphatic carbocycles. The van der Waals surface area contributed by atoms with Crippen LogP contribution in [0.3, 0.4) is 0 Å². The van der Waals surface area contributed by atoms with Gasteiger partial charge in [0.2, 0.25) is 10.0 Å². The van der Waals surface area contributed by atoms with Gasteiger partial charge in [-0.1, -0.05) is 38.1 Å². The average molecular weight is 493 g/mol. The van der Waals surface area contributed by atoms with Crippen LogP contribution in [0, 0.1) is 28.6 Å². The van der Waals surface area contributed by atoms with Crippen LogP contribution >= 0.6 is 0 Å². The first-order chi connectivity index (χ1) is 16.9. The Balaban J connectivity index is 0.00000210. The van der Waals surface area contributed by atoms with Crippen molar-refractivity contribution in [2.45, 2.75) is 26.7 Å². The second-order valence-electron chi connectivity index (χ2n) is 8.04. The molecule has 0 saturated carbocycles. The van der Waals surface area contributed by atoms with Crippen LogP contribution in [-0.4, -0.2) is 50.9 Å². The lowest BCUT2D eigenvalue weighted by Crippen LogP contribution is -2.47. The van der Waals surface area contributed by atoms with E-state index in [1.54, 1.807) is 61.7 Å². The number of rotatable bonds is 8. The van der Waals surface area contributed by atoms with E-state index >= 15 is 0 Å². The highest BCUT2D eigenvalue weighted by Crippen LogP contribution is 2.26. The van der Waals surface area contributed by atoms with Gasteiger partial charge < -0.3 is 5.32 Å². The van der Waals surface area contributed by atoms with Crippen molar-refractivity contribution in [1.82, 2.24) is 9.62 Å². The third kappa shape index (κ3) is 7.87. The Morgan fingerprint density at radius 3 is 2.14 bits per heavy atom. The van der Waals surface area contributed by atoms with Crippen LogP contribution < -0.4 is 5.32 Å². The van der Waals surface area contributed by atoms with E-state index in [4.69, 9.17) is 10.5 Å². The summed E-state index contributed by atoms with van der Waals surface area (Å²) in [7, 11) is -1.76. The molecule has 2 aromatic carbocycles. The Kier molecular flexibility index (Phi) is 10.8. The predicted molar refractivity (Wildman–Crippen MR) is 138 cm³/mol. The number of piperidine rings is 1. The maximum atomic E-state index is 13.3. The number of ketones is 1. The molecule has 7 nitrogen and oxygen atoms in total. The largest absolute Gasteiger partial charge is 0.320 e. The summed E-state index contributed by atoms with van der Waals surface area (Å²) in [5.41, 5.74) is 3.09.